The highest BCUT2D eigenvalue weighted by Gasteiger charge is 2.02. The zero-order chi connectivity index (χ0) is 10.1. The highest BCUT2D eigenvalue weighted by molar-refractivity contribution is 5.93. The van der Waals surface area contributed by atoms with E-state index in [1.165, 1.54) is 5.39 Å². The number of nitrogens with one attached hydrogen (secondary N) is 2. The van der Waals surface area contributed by atoms with Crippen molar-refractivity contribution in [2.45, 2.75) is 0 Å². The van der Waals surface area contributed by atoms with E-state index in [2.05, 4.69) is 22.4 Å². The van der Waals surface area contributed by atoms with Gasteiger partial charge in [-0.15, -0.1) is 0 Å². The minimum Gasteiger partial charge on any atom is -0.470 e. The lowest BCUT2D eigenvalue weighted by Gasteiger charge is -1.99. The standard InChI is InChI=1S/C12H10N2O/c1-2-4-11-10(3-1)12(7-13-11)14-9-5-6-15-8-9/h1-8,13-14H. The molecule has 3 aromatic rings. The van der Waals surface area contributed by atoms with E-state index in [1.807, 2.05) is 24.4 Å². The summed E-state index contributed by atoms with van der Waals surface area (Å²) in [5.74, 6) is 0. The maximum absolute atomic E-state index is 5.00. The molecule has 2 aromatic heterocycles. The number of hydrogen-bond donors (Lipinski definition) is 2. The van der Waals surface area contributed by atoms with E-state index < -0.39 is 0 Å². The Balaban J connectivity index is 2.05. The minimum atomic E-state index is 0.958. The van der Waals surface area contributed by atoms with Crippen molar-refractivity contribution in [3.8, 4) is 0 Å². The molecule has 0 fully saturated rings. The molecule has 3 rings (SSSR count). The largest absolute Gasteiger partial charge is 0.470 e. The SMILES string of the molecule is c1ccc2c(Nc3ccoc3)c[nH]c2c1. The minimum absolute atomic E-state index is 0.958. The first-order valence-corrected chi connectivity index (χ1v) is 4.79. The van der Waals surface area contributed by atoms with Crippen molar-refractivity contribution in [2.24, 2.45) is 0 Å². The molecule has 2 N–H and O–H groups in total. The van der Waals surface area contributed by atoms with Gasteiger partial charge >= 0.3 is 0 Å². The summed E-state index contributed by atoms with van der Waals surface area (Å²) >= 11 is 0. The fourth-order valence-corrected chi connectivity index (χ4v) is 1.67. The van der Waals surface area contributed by atoms with E-state index in [-0.39, 0.29) is 0 Å². The first kappa shape index (κ1) is 8.17. The van der Waals surface area contributed by atoms with Crippen LogP contribution in [0.4, 0.5) is 11.4 Å². The average Bonchev–Trinajstić information content (AvgIpc) is 2.89. The number of para-hydroxylation sites is 1. The second kappa shape index (κ2) is 3.20. The molecule has 3 heteroatoms. The molecule has 0 saturated carbocycles. The van der Waals surface area contributed by atoms with Crippen molar-refractivity contribution in [1.82, 2.24) is 4.98 Å². The van der Waals surface area contributed by atoms with Crippen LogP contribution in [0.1, 0.15) is 0 Å². The summed E-state index contributed by atoms with van der Waals surface area (Å²) in [7, 11) is 0. The Bertz CT molecular complexity index is 566. The van der Waals surface area contributed by atoms with Gasteiger partial charge in [0.25, 0.3) is 0 Å². The number of aromatic nitrogens is 1. The molecular weight excluding hydrogens is 188 g/mol. The molecule has 3 nitrogen and oxygen atoms in total. The van der Waals surface area contributed by atoms with Gasteiger partial charge in [-0.1, -0.05) is 18.2 Å². The van der Waals surface area contributed by atoms with E-state index in [9.17, 15) is 0 Å². The third-order valence-corrected chi connectivity index (χ3v) is 2.39. The van der Waals surface area contributed by atoms with Gasteiger partial charge in [-0.05, 0) is 12.1 Å². The van der Waals surface area contributed by atoms with Crippen LogP contribution in [0.2, 0.25) is 0 Å². The first-order chi connectivity index (χ1) is 7.43. The molecule has 0 spiro atoms. The monoisotopic (exact) mass is 198 g/mol. The van der Waals surface area contributed by atoms with Gasteiger partial charge in [0.2, 0.25) is 0 Å². The van der Waals surface area contributed by atoms with Gasteiger partial charge < -0.3 is 14.7 Å². The quantitative estimate of drug-likeness (QED) is 0.661. The van der Waals surface area contributed by atoms with Crippen LogP contribution in [-0.4, -0.2) is 4.98 Å². The second-order valence-electron chi connectivity index (χ2n) is 3.38. The zero-order valence-corrected chi connectivity index (χ0v) is 8.03. The fourth-order valence-electron chi connectivity index (χ4n) is 1.67. The molecule has 0 bridgehead atoms. The molecule has 0 radical (unpaired) electrons. The van der Waals surface area contributed by atoms with Gasteiger partial charge in [-0.25, -0.2) is 0 Å². The molecule has 2 heterocycles. The topological polar surface area (TPSA) is 41.0 Å². The van der Waals surface area contributed by atoms with Crippen LogP contribution >= 0.6 is 0 Å². The molecule has 74 valence electrons. The number of rotatable bonds is 2. The number of benzene rings is 1. The summed E-state index contributed by atoms with van der Waals surface area (Å²) < 4.78 is 5.00. The van der Waals surface area contributed by atoms with Crippen LogP contribution in [0.15, 0.2) is 53.5 Å². The van der Waals surface area contributed by atoms with Gasteiger partial charge in [0, 0.05) is 17.1 Å². The summed E-state index contributed by atoms with van der Waals surface area (Å²) in [6, 6.07) is 10.1. The van der Waals surface area contributed by atoms with Crippen LogP contribution in [0.25, 0.3) is 10.9 Å². The van der Waals surface area contributed by atoms with Crippen molar-refractivity contribution in [3.05, 3.63) is 49.1 Å². The maximum atomic E-state index is 5.00. The van der Waals surface area contributed by atoms with Crippen molar-refractivity contribution in [2.75, 3.05) is 5.32 Å². The van der Waals surface area contributed by atoms with Gasteiger partial charge in [0.15, 0.2) is 0 Å². The second-order valence-corrected chi connectivity index (χ2v) is 3.38. The third-order valence-electron chi connectivity index (χ3n) is 2.39. The van der Waals surface area contributed by atoms with E-state index in [1.54, 1.807) is 12.5 Å². The zero-order valence-electron chi connectivity index (χ0n) is 8.03. The third kappa shape index (κ3) is 1.38. The summed E-state index contributed by atoms with van der Waals surface area (Å²) in [5.41, 5.74) is 3.15. The summed E-state index contributed by atoms with van der Waals surface area (Å²) in [6.45, 7) is 0. The lowest BCUT2D eigenvalue weighted by Crippen LogP contribution is -1.85. The smallest absolute Gasteiger partial charge is 0.114 e. The Kier molecular flexibility index (Phi) is 1.75. The van der Waals surface area contributed by atoms with Crippen LogP contribution in [0, 0.1) is 0 Å². The van der Waals surface area contributed by atoms with Crippen molar-refractivity contribution in [3.63, 3.8) is 0 Å². The van der Waals surface area contributed by atoms with E-state index in [0.29, 0.717) is 0 Å². The number of hydrogen-bond acceptors (Lipinski definition) is 2. The predicted octanol–water partition coefficient (Wildman–Crippen LogP) is 3.50. The van der Waals surface area contributed by atoms with Crippen LogP contribution in [-0.2, 0) is 0 Å². The lowest BCUT2D eigenvalue weighted by molar-refractivity contribution is 0.568. The van der Waals surface area contributed by atoms with Crippen molar-refractivity contribution < 1.29 is 4.42 Å². The molecule has 0 aliphatic rings. The van der Waals surface area contributed by atoms with Gasteiger partial charge in [0.1, 0.15) is 6.26 Å². The Morgan fingerprint density at radius 1 is 1.13 bits per heavy atom. The molecular formula is C12H10N2O. The lowest BCUT2D eigenvalue weighted by atomic mass is 10.2. The molecule has 0 amide bonds. The summed E-state index contributed by atoms with van der Waals surface area (Å²) in [5, 5.41) is 4.46. The highest BCUT2D eigenvalue weighted by Crippen LogP contribution is 2.25. The Hall–Kier alpha value is -2.16. The Labute approximate surface area is 86.7 Å². The summed E-state index contributed by atoms with van der Waals surface area (Å²) in [6.07, 6.45) is 5.29. The normalized spacial score (nSPS) is 10.7. The highest BCUT2D eigenvalue weighted by atomic mass is 16.3. The Morgan fingerprint density at radius 2 is 2.07 bits per heavy atom. The molecule has 0 saturated heterocycles. The van der Waals surface area contributed by atoms with Gasteiger partial charge in [-0.2, -0.15) is 0 Å². The Morgan fingerprint density at radius 3 is 2.93 bits per heavy atom. The predicted molar refractivity (Wildman–Crippen MR) is 60.3 cm³/mol. The van der Waals surface area contributed by atoms with E-state index in [0.717, 1.165) is 16.9 Å². The molecule has 0 aliphatic carbocycles. The van der Waals surface area contributed by atoms with Crippen molar-refractivity contribution in [1.29, 1.82) is 0 Å². The number of furan rings is 1. The number of fused-ring (bicyclic) bond motifs is 1. The fraction of sp³-hybridized carbons (Fsp3) is 0. The first-order valence-electron chi connectivity index (χ1n) is 4.79. The molecule has 1 aromatic carbocycles. The van der Waals surface area contributed by atoms with Crippen LogP contribution in [0.5, 0.6) is 0 Å². The van der Waals surface area contributed by atoms with E-state index >= 15 is 0 Å². The van der Waals surface area contributed by atoms with Crippen LogP contribution < -0.4 is 5.32 Å². The molecule has 0 atom stereocenters. The summed E-state index contributed by atoms with van der Waals surface area (Å²) in [4.78, 5) is 3.21. The number of H-pyrrole nitrogens is 1. The number of aromatic amines is 1. The molecule has 0 unspecified atom stereocenters. The van der Waals surface area contributed by atoms with Gasteiger partial charge in [-0.3, -0.25) is 0 Å². The molecule has 15 heavy (non-hydrogen) atoms. The van der Waals surface area contributed by atoms with Gasteiger partial charge in [0.05, 0.1) is 17.6 Å². The van der Waals surface area contributed by atoms with E-state index in [4.69, 9.17) is 4.42 Å². The maximum Gasteiger partial charge on any atom is 0.114 e. The average molecular weight is 198 g/mol. The number of anilines is 2. The molecule has 0 aliphatic heterocycles. The van der Waals surface area contributed by atoms with Crippen molar-refractivity contribution >= 4 is 22.3 Å². The van der Waals surface area contributed by atoms with Crippen LogP contribution in [0.3, 0.4) is 0 Å².